The number of thioether (sulfide) groups is 1. The number of benzene rings is 1. The van der Waals surface area contributed by atoms with Gasteiger partial charge in [-0.1, -0.05) is 35.2 Å². The van der Waals surface area contributed by atoms with Crippen LogP contribution in [0.1, 0.15) is 12.5 Å². The molecule has 1 amide bonds. The molecule has 2 rings (SSSR count). The van der Waals surface area contributed by atoms with Crippen molar-refractivity contribution >= 4 is 49.8 Å². The fraction of sp³-hybridized carbons (Fsp3) is 0.353. The van der Waals surface area contributed by atoms with Gasteiger partial charge in [-0.3, -0.25) is 14.4 Å². The molecule has 1 atom stereocenters. The Morgan fingerprint density at radius 1 is 1.46 bits per heavy atom. The van der Waals surface area contributed by atoms with Gasteiger partial charge in [-0.25, -0.2) is 8.42 Å². The van der Waals surface area contributed by atoms with Gasteiger partial charge in [0.25, 0.3) is 0 Å². The van der Waals surface area contributed by atoms with Gasteiger partial charge in [-0.05, 0) is 31.5 Å². The molecule has 1 heterocycles. The van der Waals surface area contributed by atoms with Crippen molar-refractivity contribution in [1.82, 2.24) is 10.2 Å². The Morgan fingerprint density at radius 2 is 2.18 bits per heavy atom. The number of anilines is 2. The summed E-state index contributed by atoms with van der Waals surface area (Å²) in [5.74, 6) is 0.508. The predicted octanol–water partition coefficient (Wildman–Crippen LogP) is 2.93. The summed E-state index contributed by atoms with van der Waals surface area (Å²) in [6, 6.07) is 4.11. The van der Waals surface area contributed by atoms with Gasteiger partial charge in [0, 0.05) is 5.75 Å². The molecule has 0 radical (unpaired) electrons. The maximum absolute atomic E-state index is 12.7. The van der Waals surface area contributed by atoms with Gasteiger partial charge in [-0.15, -0.1) is 16.8 Å². The minimum absolute atomic E-state index is 0.298. The van der Waals surface area contributed by atoms with Crippen LogP contribution in [-0.2, 0) is 14.8 Å². The number of rotatable bonds is 9. The van der Waals surface area contributed by atoms with Gasteiger partial charge in [0.2, 0.25) is 21.1 Å². The van der Waals surface area contributed by atoms with Crippen LogP contribution in [0.2, 0.25) is 0 Å². The number of carbonyl (C=O) groups excluding carboxylic acids is 1. The Kier molecular flexibility index (Phi) is 7.44. The zero-order valence-electron chi connectivity index (χ0n) is 16.0. The lowest BCUT2D eigenvalue weighted by Gasteiger charge is -2.29. The molecule has 0 unspecified atom stereocenters. The van der Waals surface area contributed by atoms with Gasteiger partial charge in [0.15, 0.2) is 4.34 Å². The molecule has 1 aromatic carbocycles. The molecule has 0 saturated heterocycles. The highest BCUT2D eigenvalue weighted by atomic mass is 32.2. The number of amides is 1. The zero-order valence-corrected chi connectivity index (χ0v) is 18.4. The first-order valence-corrected chi connectivity index (χ1v) is 11.8. The van der Waals surface area contributed by atoms with Gasteiger partial charge in [-0.2, -0.15) is 0 Å². The molecule has 0 aliphatic rings. The predicted molar refractivity (Wildman–Crippen MR) is 114 cm³/mol. The maximum atomic E-state index is 12.7. The largest absolute Gasteiger partial charge is 0.495 e. The van der Waals surface area contributed by atoms with Crippen LogP contribution in [0.4, 0.5) is 10.8 Å². The number of aromatic nitrogens is 2. The highest BCUT2D eigenvalue weighted by Gasteiger charge is 2.31. The Morgan fingerprint density at radius 3 is 2.79 bits per heavy atom. The van der Waals surface area contributed by atoms with Crippen LogP contribution in [0.5, 0.6) is 5.75 Å². The van der Waals surface area contributed by atoms with Crippen LogP contribution < -0.4 is 14.4 Å². The van der Waals surface area contributed by atoms with E-state index >= 15 is 0 Å². The third kappa shape index (κ3) is 5.46. The molecule has 0 aliphatic carbocycles. The number of methoxy groups -OCH3 is 1. The average Bonchev–Trinajstić information content (AvgIpc) is 3.06. The molecule has 0 aliphatic heterocycles. The lowest BCUT2D eigenvalue weighted by molar-refractivity contribution is -0.116. The van der Waals surface area contributed by atoms with Crippen LogP contribution in [0.25, 0.3) is 0 Å². The third-order valence-corrected chi connectivity index (χ3v) is 6.82. The number of carbonyl (C=O) groups is 1. The fourth-order valence-electron chi connectivity index (χ4n) is 2.41. The van der Waals surface area contributed by atoms with E-state index in [1.165, 1.54) is 37.1 Å². The lowest BCUT2D eigenvalue weighted by atomic mass is 10.2. The fourth-order valence-corrected chi connectivity index (χ4v) is 5.10. The van der Waals surface area contributed by atoms with E-state index in [4.69, 9.17) is 4.74 Å². The van der Waals surface area contributed by atoms with Crippen molar-refractivity contribution in [3.8, 4) is 5.75 Å². The normalized spacial score (nSPS) is 12.3. The van der Waals surface area contributed by atoms with Crippen molar-refractivity contribution in [3.05, 3.63) is 36.4 Å². The number of ether oxygens (including phenoxy) is 1. The molecule has 0 spiro atoms. The Hall–Kier alpha value is -2.11. The molecule has 0 fully saturated rings. The third-order valence-electron chi connectivity index (χ3n) is 3.62. The molecule has 11 heteroatoms. The average molecular weight is 443 g/mol. The summed E-state index contributed by atoms with van der Waals surface area (Å²) in [7, 11) is -2.32. The van der Waals surface area contributed by atoms with Gasteiger partial charge in [0.1, 0.15) is 11.8 Å². The quantitative estimate of drug-likeness (QED) is 0.362. The van der Waals surface area contributed by atoms with Crippen molar-refractivity contribution < 1.29 is 17.9 Å². The second kappa shape index (κ2) is 9.39. The monoisotopic (exact) mass is 442 g/mol. The summed E-state index contributed by atoms with van der Waals surface area (Å²) < 4.78 is 32.0. The molecule has 1 N–H and O–H groups in total. The highest BCUT2D eigenvalue weighted by molar-refractivity contribution is 8.01. The van der Waals surface area contributed by atoms with Crippen LogP contribution in [-0.4, -0.2) is 49.7 Å². The van der Waals surface area contributed by atoms with E-state index in [1.54, 1.807) is 24.3 Å². The van der Waals surface area contributed by atoms with Crippen LogP contribution in [0, 0.1) is 6.92 Å². The summed E-state index contributed by atoms with van der Waals surface area (Å²) in [6.07, 6.45) is 2.79. The van der Waals surface area contributed by atoms with Crippen molar-refractivity contribution in [1.29, 1.82) is 0 Å². The van der Waals surface area contributed by atoms with E-state index in [0.717, 1.165) is 16.1 Å². The van der Waals surface area contributed by atoms with Gasteiger partial charge in [0.05, 0.1) is 19.1 Å². The van der Waals surface area contributed by atoms with E-state index < -0.39 is 22.0 Å². The number of sulfonamides is 1. The number of hydrogen-bond acceptors (Lipinski definition) is 8. The molecule has 2 aromatic rings. The summed E-state index contributed by atoms with van der Waals surface area (Å²) in [5, 5.41) is 10.8. The number of nitrogens with zero attached hydrogens (tertiary/aromatic N) is 3. The van der Waals surface area contributed by atoms with E-state index in [0.29, 0.717) is 26.7 Å². The smallest absolute Gasteiger partial charge is 0.249 e. The van der Waals surface area contributed by atoms with Crippen molar-refractivity contribution in [2.24, 2.45) is 0 Å². The molecule has 0 saturated carbocycles. The molecular formula is C17H22N4O4S3. The first-order chi connectivity index (χ1) is 13.2. The number of nitrogens with one attached hydrogen (secondary N) is 1. The minimum Gasteiger partial charge on any atom is -0.495 e. The molecule has 1 aromatic heterocycles. The van der Waals surface area contributed by atoms with Crippen LogP contribution >= 0.6 is 23.1 Å². The van der Waals surface area contributed by atoms with Crippen LogP contribution in [0.3, 0.4) is 0 Å². The first-order valence-electron chi connectivity index (χ1n) is 8.19. The van der Waals surface area contributed by atoms with Crippen molar-refractivity contribution in [2.45, 2.75) is 24.2 Å². The standard InChI is InChI=1S/C17H22N4O4S3/c1-6-9-26-17-20-19-16(27-17)18-15(22)12(3)21(28(5,23)24)13-10-11(2)7-8-14(13)25-4/h6-8,10,12H,1,9H2,2-5H3,(H,18,19,22)/t12-/m0/s1. The Bertz CT molecular complexity index is 959. The summed E-state index contributed by atoms with van der Waals surface area (Å²) in [4.78, 5) is 12.7. The molecular weight excluding hydrogens is 420 g/mol. The van der Waals surface area contributed by atoms with E-state index in [1.807, 2.05) is 6.92 Å². The second-order valence-electron chi connectivity index (χ2n) is 5.87. The van der Waals surface area contributed by atoms with E-state index in [-0.39, 0.29) is 0 Å². The summed E-state index contributed by atoms with van der Waals surface area (Å²) in [6.45, 7) is 6.98. The second-order valence-corrected chi connectivity index (χ2v) is 9.98. The minimum atomic E-state index is -3.77. The molecule has 8 nitrogen and oxygen atoms in total. The van der Waals surface area contributed by atoms with Crippen molar-refractivity contribution in [3.63, 3.8) is 0 Å². The molecule has 152 valence electrons. The number of aryl methyl sites for hydroxylation is 1. The summed E-state index contributed by atoms with van der Waals surface area (Å²) >= 11 is 2.66. The van der Waals surface area contributed by atoms with Gasteiger partial charge < -0.3 is 4.74 Å². The van der Waals surface area contributed by atoms with Crippen molar-refractivity contribution in [2.75, 3.05) is 28.7 Å². The highest BCUT2D eigenvalue weighted by Crippen LogP contribution is 2.33. The van der Waals surface area contributed by atoms with Gasteiger partial charge >= 0.3 is 0 Å². The zero-order chi connectivity index (χ0) is 20.9. The lowest BCUT2D eigenvalue weighted by Crippen LogP contribution is -2.45. The Balaban J connectivity index is 2.30. The summed E-state index contributed by atoms with van der Waals surface area (Å²) in [5.41, 5.74) is 1.14. The molecule has 0 bridgehead atoms. The Labute approximate surface area is 173 Å². The first kappa shape index (κ1) is 22.2. The SMILES string of the molecule is C=CCSc1nnc(NC(=O)[C@H](C)N(c2cc(C)ccc2OC)S(C)(=O)=O)s1. The topological polar surface area (TPSA) is 101 Å². The van der Waals surface area contributed by atoms with Crippen LogP contribution in [0.15, 0.2) is 35.2 Å². The maximum Gasteiger partial charge on any atom is 0.249 e. The molecule has 28 heavy (non-hydrogen) atoms. The van der Waals surface area contributed by atoms with E-state index in [9.17, 15) is 13.2 Å². The van der Waals surface area contributed by atoms with E-state index in [2.05, 4.69) is 22.1 Å². The number of hydrogen-bond donors (Lipinski definition) is 1.